The van der Waals surface area contributed by atoms with Gasteiger partial charge in [0, 0.05) is 43.0 Å². The van der Waals surface area contributed by atoms with Gasteiger partial charge in [0.05, 0.1) is 0 Å². The topological polar surface area (TPSA) is 97.2 Å². The summed E-state index contributed by atoms with van der Waals surface area (Å²) in [5.41, 5.74) is 6.95. The van der Waals surface area contributed by atoms with Crippen molar-refractivity contribution >= 4 is 26.6 Å². The van der Waals surface area contributed by atoms with Crippen LogP contribution in [-0.4, -0.2) is 33.7 Å². The molecule has 0 amide bonds. The molecule has 0 aliphatic carbocycles. The van der Waals surface area contributed by atoms with Gasteiger partial charge in [-0.05, 0) is 24.6 Å². The molecule has 0 unspecified atom stereocenters. The molecule has 2 aromatic rings. The minimum absolute atomic E-state index is 0.236. The molecule has 0 spiro atoms. The molecule has 1 aromatic carbocycles. The highest BCUT2D eigenvalue weighted by Crippen LogP contribution is 2.24. The van der Waals surface area contributed by atoms with Gasteiger partial charge in [-0.1, -0.05) is 0 Å². The number of H-pyrrole nitrogens is 1. The standard InChI is InChI=1S/C12H17N3O3S/c1-18-6-2-5-15-19(16,17)12-8-14-11-7-9(13)3-4-10(11)12/h3-4,7-8,14-15H,2,5-6,13H2,1H3. The number of fused-ring (bicyclic) bond motifs is 1. The number of ether oxygens (including phenoxy) is 1. The molecule has 0 fully saturated rings. The Morgan fingerprint density at radius 1 is 1.42 bits per heavy atom. The van der Waals surface area contributed by atoms with Gasteiger partial charge in [-0.3, -0.25) is 0 Å². The number of aromatic amines is 1. The first-order valence-electron chi connectivity index (χ1n) is 5.90. The molecule has 0 bridgehead atoms. The summed E-state index contributed by atoms with van der Waals surface area (Å²) in [5.74, 6) is 0. The highest BCUT2D eigenvalue weighted by molar-refractivity contribution is 7.89. The fourth-order valence-electron chi connectivity index (χ4n) is 1.84. The van der Waals surface area contributed by atoms with Crippen LogP contribution >= 0.6 is 0 Å². The Morgan fingerprint density at radius 2 is 2.21 bits per heavy atom. The second kappa shape index (κ2) is 5.60. The second-order valence-electron chi connectivity index (χ2n) is 4.20. The molecule has 2 rings (SSSR count). The summed E-state index contributed by atoms with van der Waals surface area (Å²) in [7, 11) is -1.93. The van der Waals surface area contributed by atoms with Crippen molar-refractivity contribution in [2.45, 2.75) is 11.3 Å². The van der Waals surface area contributed by atoms with Crippen molar-refractivity contribution in [3.8, 4) is 0 Å². The molecule has 1 heterocycles. The van der Waals surface area contributed by atoms with Crippen molar-refractivity contribution in [3.05, 3.63) is 24.4 Å². The number of nitrogen functional groups attached to an aromatic ring is 1. The Morgan fingerprint density at radius 3 is 2.95 bits per heavy atom. The molecular weight excluding hydrogens is 266 g/mol. The van der Waals surface area contributed by atoms with E-state index in [2.05, 4.69) is 9.71 Å². The van der Waals surface area contributed by atoms with E-state index in [0.717, 1.165) is 0 Å². The largest absolute Gasteiger partial charge is 0.399 e. The summed E-state index contributed by atoms with van der Waals surface area (Å²) in [6.45, 7) is 0.866. The van der Waals surface area contributed by atoms with Crippen LogP contribution in [0.2, 0.25) is 0 Å². The Kier molecular flexibility index (Phi) is 4.08. The van der Waals surface area contributed by atoms with E-state index in [4.69, 9.17) is 10.5 Å². The molecule has 0 aliphatic heterocycles. The van der Waals surface area contributed by atoms with Gasteiger partial charge >= 0.3 is 0 Å². The minimum atomic E-state index is -3.51. The van der Waals surface area contributed by atoms with Crippen molar-refractivity contribution in [2.24, 2.45) is 0 Å². The molecule has 0 radical (unpaired) electrons. The molecule has 0 atom stereocenters. The monoisotopic (exact) mass is 283 g/mol. The third-order valence-corrected chi connectivity index (χ3v) is 4.28. The van der Waals surface area contributed by atoms with Gasteiger partial charge in [0.2, 0.25) is 10.0 Å². The Bertz CT molecular complexity index is 664. The summed E-state index contributed by atoms with van der Waals surface area (Å²) >= 11 is 0. The highest BCUT2D eigenvalue weighted by atomic mass is 32.2. The van der Waals surface area contributed by atoms with E-state index in [1.54, 1.807) is 25.3 Å². The fourth-order valence-corrected chi connectivity index (χ4v) is 3.09. The van der Waals surface area contributed by atoms with Crippen LogP contribution in [0.3, 0.4) is 0 Å². The van der Waals surface area contributed by atoms with Crippen LogP contribution in [0.15, 0.2) is 29.3 Å². The van der Waals surface area contributed by atoms with Crippen LogP contribution in [0, 0.1) is 0 Å². The SMILES string of the molecule is COCCCNS(=O)(=O)c1c[nH]c2cc(N)ccc12. The lowest BCUT2D eigenvalue weighted by Gasteiger charge is -2.05. The van der Waals surface area contributed by atoms with E-state index in [0.29, 0.717) is 36.2 Å². The van der Waals surface area contributed by atoms with E-state index in [1.807, 2.05) is 0 Å². The number of nitrogens with one attached hydrogen (secondary N) is 2. The zero-order valence-corrected chi connectivity index (χ0v) is 11.5. The molecule has 6 nitrogen and oxygen atoms in total. The third-order valence-electron chi connectivity index (χ3n) is 2.77. The van der Waals surface area contributed by atoms with Crippen LogP contribution in [0.5, 0.6) is 0 Å². The predicted molar refractivity (Wildman–Crippen MR) is 74.4 cm³/mol. The summed E-state index contributed by atoms with van der Waals surface area (Å²) in [6.07, 6.45) is 2.10. The summed E-state index contributed by atoms with van der Waals surface area (Å²) in [4.78, 5) is 3.15. The maximum atomic E-state index is 12.2. The Labute approximate surface area is 112 Å². The lowest BCUT2D eigenvalue weighted by atomic mass is 10.2. The number of sulfonamides is 1. The number of hydrogen-bond donors (Lipinski definition) is 3. The molecule has 0 saturated heterocycles. The number of methoxy groups -OCH3 is 1. The smallest absolute Gasteiger partial charge is 0.242 e. The first-order chi connectivity index (χ1) is 9.04. The zero-order chi connectivity index (χ0) is 13.9. The molecule has 7 heteroatoms. The van der Waals surface area contributed by atoms with Gasteiger partial charge < -0.3 is 15.5 Å². The summed E-state index contributed by atoms with van der Waals surface area (Å²) in [6, 6.07) is 5.09. The van der Waals surface area contributed by atoms with Crippen molar-refractivity contribution in [1.82, 2.24) is 9.71 Å². The second-order valence-corrected chi connectivity index (χ2v) is 5.94. The van der Waals surface area contributed by atoms with Crippen LogP contribution in [0.25, 0.3) is 10.9 Å². The fraction of sp³-hybridized carbons (Fsp3) is 0.333. The maximum Gasteiger partial charge on any atom is 0.242 e. The van der Waals surface area contributed by atoms with Gasteiger partial charge in [-0.2, -0.15) is 0 Å². The van der Waals surface area contributed by atoms with Crippen LogP contribution in [-0.2, 0) is 14.8 Å². The van der Waals surface area contributed by atoms with Gasteiger partial charge in [-0.15, -0.1) is 0 Å². The maximum absolute atomic E-state index is 12.2. The molecule has 4 N–H and O–H groups in total. The average molecular weight is 283 g/mol. The Balaban J connectivity index is 2.23. The molecule has 19 heavy (non-hydrogen) atoms. The van der Waals surface area contributed by atoms with Crippen molar-refractivity contribution in [1.29, 1.82) is 0 Å². The van der Waals surface area contributed by atoms with Crippen molar-refractivity contribution in [2.75, 3.05) is 26.0 Å². The number of hydrogen-bond acceptors (Lipinski definition) is 4. The van der Waals surface area contributed by atoms with Gasteiger partial charge in [0.25, 0.3) is 0 Å². The number of aromatic nitrogens is 1. The summed E-state index contributed by atoms with van der Waals surface area (Å²) < 4.78 is 31.7. The normalized spacial score (nSPS) is 12.1. The van der Waals surface area contributed by atoms with Crippen molar-refractivity contribution < 1.29 is 13.2 Å². The molecule has 0 aliphatic rings. The van der Waals surface area contributed by atoms with Gasteiger partial charge in [0.15, 0.2) is 0 Å². The highest BCUT2D eigenvalue weighted by Gasteiger charge is 2.18. The lowest BCUT2D eigenvalue weighted by molar-refractivity contribution is 0.196. The first kappa shape index (κ1) is 13.9. The van der Waals surface area contributed by atoms with Gasteiger partial charge in [0.1, 0.15) is 4.90 Å². The Hall–Kier alpha value is -1.57. The lowest BCUT2D eigenvalue weighted by Crippen LogP contribution is -2.25. The summed E-state index contributed by atoms with van der Waals surface area (Å²) in [5, 5.41) is 0.633. The number of anilines is 1. The predicted octanol–water partition coefficient (Wildman–Crippen LogP) is 1.06. The van der Waals surface area contributed by atoms with Gasteiger partial charge in [-0.25, -0.2) is 13.1 Å². The van der Waals surface area contributed by atoms with Crippen LogP contribution in [0.1, 0.15) is 6.42 Å². The number of nitrogens with two attached hydrogens (primary N) is 1. The van der Waals surface area contributed by atoms with Crippen LogP contribution < -0.4 is 10.5 Å². The molecular formula is C12H17N3O3S. The third kappa shape index (κ3) is 3.06. The van der Waals surface area contributed by atoms with E-state index in [1.165, 1.54) is 6.20 Å². The molecule has 1 aromatic heterocycles. The van der Waals surface area contributed by atoms with Crippen LogP contribution in [0.4, 0.5) is 5.69 Å². The van der Waals surface area contributed by atoms with E-state index >= 15 is 0 Å². The number of rotatable bonds is 6. The van der Waals surface area contributed by atoms with E-state index < -0.39 is 10.0 Å². The average Bonchev–Trinajstić information content (AvgIpc) is 2.78. The minimum Gasteiger partial charge on any atom is -0.399 e. The zero-order valence-electron chi connectivity index (χ0n) is 10.6. The molecule has 104 valence electrons. The van der Waals surface area contributed by atoms with Crippen molar-refractivity contribution in [3.63, 3.8) is 0 Å². The molecule has 0 saturated carbocycles. The quantitative estimate of drug-likeness (QED) is 0.545. The van der Waals surface area contributed by atoms with E-state index in [9.17, 15) is 8.42 Å². The van der Waals surface area contributed by atoms with E-state index in [-0.39, 0.29) is 4.90 Å². The number of benzene rings is 1. The first-order valence-corrected chi connectivity index (χ1v) is 7.38.